The molecule has 0 aliphatic rings. The quantitative estimate of drug-likeness (QED) is 0.275. The fourth-order valence-electron chi connectivity index (χ4n) is 4.29. The molecule has 0 saturated carbocycles. The molecule has 9 heteroatoms. The fraction of sp³-hybridized carbons (Fsp3) is 0.250. The van der Waals surface area contributed by atoms with Crippen LogP contribution in [0.3, 0.4) is 0 Å². The zero-order valence-corrected chi connectivity index (χ0v) is 22.3. The van der Waals surface area contributed by atoms with E-state index in [2.05, 4.69) is 0 Å². The van der Waals surface area contributed by atoms with Crippen molar-refractivity contribution in [2.24, 2.45) is 0 Å². The molecule has 4 aromatic rings. The van der Waals surface area contributed by atoms with E-state index in [-0.39, 0.29) is 16.5 Å². The summed E-state index contributed by atoms with van der Waals surface area (Å²) < 4.78 is 15.4. The third-order valence-corrected chi connectivity index (χ3v) is 6.80. The molecule has 1 heterocycles. The van der Waals surface area contributed by atoms with Crippen molar-refractivity contribution in [1.29, 1.82) is 0 Å². The largest absolute Gasteiger partial charge is 0.327 e. The molecule has 4 rings (SSSR count). The first-order valence-electron chi connectivity index (χ1n) is 11.9. The minimum absolute atomic E-state index is 0.117. The van der Waals surface area contributed by atoms with Gasteiger partial charge in [-0.1, -0.05) is 54.4 Å². The molecule has 37 heavy (non-hydrogen) atoms. The number of halogens is 3. The molecule has 3 aromatic carbocycles. The molecular formula is C28H27Cl2FN4O2. The number of aromatic nitrogens is 2. The number of hydrogen-bond donors (Lipinski definition) is 0. The van der Waals surface area contributed by atoms with Crippen molar-refractivity contribution in [3.8, 4) is 5.69 Å². The van der Waals surface area contributed by atoms with E-state index in [1.54, 1.807) is 53.4 Å². The first-order valence-corrected chi connectivity index (χ1v) is 12.7. The first kappa shape index (κ1) is 26.8. The maximum atomic E-state index is 14.0. The minimum Gasteiger partial charge on any atom is -0.327 e. The maximum Gasteiger partial charge on any atom is 0.266 e. The van der Waals surface area contributed by atoms with Gasteiger partial charge in [0.25, 0.3) is 11.5 Å². The van der Waals surface area contributed by atoms with Crippen LogP contribution in [0.4, 0.5) is 4.39 Å². The summed E-state index contributed by atoms with van der Waals surface area (Å²) in [4.78, 5) is 36.2. The van der Waals surface area contributed by atoms with Gasteiger partial charge in [0.15, 0.2) is 0 Å². The van der Waals surface area contributed by atoms with E-state index in [1.165, 1.54) is 22.8 Å². The summed E-state index contributed by atoms with van der Waals surface area (Å²) in [7, 11) is 3.84. The second kappa shape index (κ2) is 11.4. The number of hydrogen-bond acceptors (Lipinski definition) is 4. The van der Waals surface area contributed by atoms with E-state index in [0.717, 1.165) is 0 Å². The Morgan fingerprint density at radius 1 is 1.00 bits per heavy atom. The van der Waals surface area contributed by atoms with Crippen LogP contribution in [-0.4, -0.2) is 52.4 Å². The van der Waals surface area contributed by atoms with Crippen molar-refractivity contribution in [2.75, 3.05) is 27.2 Å². The molecule has 1 amide bonds. The van der Waals surface area contributed by atoms with Gasteiger partial charge in [-0.05, 0) is 63.0 Å². The van der Waals surface area contributed by atoms with Gasteiger partial charge in [0.05, 0.1) is 38.2 Å². The maximum absolute atomic E-state index is 14.0. The van der Waals surface area contributed by atoms with Crippen LogP contribution in [-0.2, 0) is 0 Å². The number of likely N-dealkylation sites (N-methyl/N-ethyl adjacent to an activating group) is 1. The lowest BCUT2D eigenvalue weighted by Crippen LogP contribution is -2.42. The Hall–Kier alpha value is -3.26. The van der Waals surface area contributed by atoms with E-state index < -0.39 is 11.9 Å². The van der Waals surface area contributed by atoms with Crippen LogP contribution in [0.2, 0.25) is 10.0 Å². The van der Waals surface area contributed by atoms with Gasteiger partial charge in [0.2, 0.25) is 0 Å². The van der Waals surface area contributed by atoms with E-state index in [0.29, 0.717) is 52.5 Å². The van der Waals surface area contributed by atoms with Crippen molar-refractivity contribution in [3.63, 3.8) is 0 Å². The van der Waals surface area contributed by atoms with E-state index in [1.807, 2.05) is 25.9 Å². The topological polar surface area (TPSA) is 58.4 Å². The van der Waals surface area contributed by atoms with Gasteiger partial charge >= 0.3 is 0 Å². The normalized spacial score (nSPS) is 12.2. The molecule has 0 radical (unpaired) electrons. The number of nitrogens with zero attached hydrogens (tertiary/aromatic N) is 4. The lowest BCUT2D eigenvalue weighted by molar-refractivity contribution is 0.0644. The standard InChI is InChI=1S/C28H27Cl2FN4O2/c1-4-25(34(16-15-33(2)3)27(36)19-9-5-7-11-21(19)29)26-32-24-12-8-6-10-20(24)28(37)35(26)18-13-14-23(31)22(30)17-18/h5-14,17,25H,4,15-16H2,1-3H3. The summed E-state index contributed by atoms with van der Waals surface area (Å²) >= 11 is 12.5. The molecule has 6 nitrogen and oxygen atoms in total. The van der Waals surface area contributed by atoms with Crippen LogP contribution in [0.25, 0.3) is 16.6 Å². The van der Waals surface area contributed by atoms with Gasteiger partial charge in [0.1, 0.15) is 11.6 Å². The monoisotopic (exact) mass is 540 g/mol. The van der Waals surface area contributed by atoms with E-state index in [9.17, 15) is 14.0 Å². The lowest BCUT2D eigenvalue weighted by Gasteiger charge is -2.33. The highest BCUT2D eigenvalue weighted by molar-refractivity contribution is 6.33. The van der Waals surface area contributed by atoms with Gasteiger partial charge in [-0.25, -0.2) is 9.37 Å². The van der Waals surface area contributed by atoms with Crippen molar-refractivity contribution in [2.45, 2.75) is 19.4 Å². The van der Waals surface area contributed by atoms with Gasteiger partial charge < -0.3 is 9.80 Å². The molecule has 1 atom stereocenters. The van der Waals surface area contributed by atoms with Crippen LogP contribution < -0.4 is 5.56 Å². The van der Waals surface area contributed by atoms with Gasteiger partial charge in [-0.2, -0.15) is 0 Å². The number of carbonyl (C=O) groups is 1. The van der Waals surface area contributed by atoms with Crippen LogP contribution in [0.15, 0.2) is 71.5 Å². The number of fused-ring (bicyclic) bond motifs is 1. The van der Waals surface area contributed by atoms with Crippen molar-refractivity contribution < 1.29 is 9.18 Å². The minimum atomic E-state index is -0.595. The molecule has 1 unspecified atom stereocenters. The van der Waals surface area contributed by atoms with E-state index >= 15 is 0 Å². The molecule has 0 N–H and O–H groups in total. The summed E-state index contributed by atoms with van der Waals surface area (Å²) in [6.45, 7) is 2.87. The Bertz CT molecular complexity index is 1510. The number of para-hydroxylation sites is 1. The summed E-state index contributed by atoms with van der Waals surface area (Å²) in [5, 5.41) is 0.623. The molecule has 0 fully saturated rings. The highest BCUT2D eigenvalue weighted by atomic mass is 35.5. The summed E-state index contributed by atoms with van der Waals surface area (Å²) in [6, 6.07) is 17.4. The molecule has 192 valence electrons. The molecule has 1 aromatic heterocycles. The smallest absolute Gasteiger partial charge is 0.266 e. The van der Waals surface area contributed by atoms with Gasteiger partial charge in [-0.15, -0.1) is 0 Å². The second-order valence-corrected chi connectivity index (χ2v) is 9.75. The summed E-state index contributed by atoms with van der Waals surface area (Å²) in [5.74, 6) is -0.513. The lowest BCUT2D eigenvalue weighted by atomic mass is 10.1. The predicted molar refractivity (Wildman–Crippen MR) is 146 cm³/mol. The van der Waals surface area contributed by atoms with Crippen LogP contribution in [0.1, 0.15) is 35.6 Å². The molecule has 0 bridgehead atoms. The fourth-order valence-corrected chi connectivity index (χ4v) is 4.68. The Kier molecular flexibility index (Phi) is 8.27. The molecule has 0 spiro atoms. The van der Waals surface area contributed by atoms with Crippen LogP contribution >= 0.6 is 23.2 Å². The average molecular weight is 541 g/mol. The SMILES string of the molecule is CCC(c1nc2ccccc2c(=O)n1-c1ccc(F)c(Cl)c1)N(CCN(C)C)C(=O)c1ccccc1Cl. The Labute approximate surface area is 224 Å². The average Bonchev–Trinajstić information content (AvgIpc) is 2.88. The number of amides is 1. The highest BCUT2D eigenvalue weighted by Crippen LogP contribution is 2.30. The summed E-state index contributed by atoms with van der Waals surface area (Å²) in [6.07, 6.45) is 0.462. The van der Waals surface area contributed by atoms with Crippen LogP contribution in [0, 0.1) is 5.82 Å². The predicted octanol–water partition coefficient (Wildman–Crippen LogP) is 5.99. The molecule has 0 aliphatic carbocycles. The van der Waals surface area contributed by atoms with E-state index in [4.69, 9.17) is 28.2 Å². The highest BCUT2D eigenvalue weighted by Gasteiger charge is 2.30. The Morgan fingerprint density at radius 3 is 2.38 bits per heavy atom. The molecule has 0 aliphatic heterocycles. The molecule has 0 saturated heterocycles. The Morgan fingerprint density at radius 2 is 1.70 bits per heavy atom. The molecular weight excluding hydrogens is 514 g/mol. The number of benzene rings is 3. The first-order chi connectivity index (χ1) is 17.7. The van der Waals surface area contributed by atoms with Crippen LogP contribution in [0.5, 0.6) is 0 Å². The van der Waals surface area contributed by atoms with Gasteiger partial charge in [0, 0.05) is 13.1 Å². The van der Waals surface area contributed by atoms with Crippen molar-refractivity contribution >= 4 is 40.0 Å². The second-order valence-electron chi connectivity index (χ2n) is 8.93. The van der Waals surface area contributed by atoms with Gasteiger partial charge in [-0.3, -0.25) is 14.2 Å². The van der Waals surface area contributed by atoms with Crippen molar-refractivity contribution in [1.82, 2.24) is 19.4 Å². The summed E-state index contributed by atoms with van der Waals surface area (Å²) in [5.41, 5.74) is 0.893. The number of rotatable bonds is 8. The Balaban J connectivity index is 1.97. The third-order valence-electron chi connectivity index (χ3n) is 6.18. The van der Waals surface area contributed by atoms with Crippen molar-refractivity contribution in [3.05, 3.63) is 104 Å². The zero-order chi connectivity index (χ0) is 26.7. The number of carbonyl (C=O) groups excluding carboxylic acids is 1. The third kappa shape index (κ3) is 5.54. The zero-order valence-electron chi connectivity index (χ0n) is 20.8.